The Labute approximate surface area is 111 Å². The molecule has 1 aromatic carbocycles. The first-order chi connectivity index (χ1) is 8.36. The molecule has 0 saturated heterocycles. The summed E-state index contributed by atoms with van der Waals surface area (Å²) in [6, 6.07) is 7.02. The molecule has 0 aromatic heterocycles. The minimum absolute atomic E-state index is 0.173. The molecule has 2 rings (SSSR count). The molecule has 0 radical (unpaired) electrons. The van der Waals surface area contributed by atoms with Crippen molar-refractivity contribution in [3.8, 4) is 0 Å². The van der Waals surface area contributed by atoms with Crippen LogP contribution in [0.3, 0.4) is 0 Å². The molecule has 1 aromatic rings. The highest BCUT2D eigenvalue weighted by molar-refractivity contribution is 5.43. The quantitative estimate of drug-likeness (QED) is 0.773. The number of rotatable bonds is 2. The molecule has 2 heteroatoms. The van der Waals surface area contributed by atoms with Crippen LogP contribution in [0.4, 0.5) is 0 Å². The van der Waals surface area contributed by atoms with Crippen LogP contribution in [-0.4, -0.2) is 12.2 Å². The fraction of sp³-hybridized carbons (Fsp3) is 0.625. The van der Waals surface area contributed by atoms with Crippen LogP contribution in [0, 0.1) is 5.41 Å². The number of hydrogen-bond donors (Lipinski definition) is 0. The van der Waals surface area contributed by atoms with Crippen molar-refractivity contribution in [3.05, 3.63) is 34.9 Å². The molecule has 100 valence electrons. The van der Waals surface area contributed by atoms with Crippen LogP contribution in [0.1, 0.15) is 63.3 Å². The number of hydrogen-bond acceptors (Lipinski definition) is 2. The summed E-state index contributed by atoms with van der Waals surface area (Å²) in [7, 11) is 1.78. The standard InChI is InChI=1S/C16H25NO/c1-11(2)13-9-7-8-12-10-17(18-6)15(14(12)13)16(3,4)5/h7-9,11,15H,10H2,1-6H3. The highest BCUT2D eigenvalue weighted by Crippen LogP contribution is 2.47. The molecule has 1 atom stereocenters. The molecule has 0 saturated carbocycles. The first-order valence-electron chi connectivity index (χ1n) is 6.78. The second-order valence-electron chi connectivity index (χ2n) is 6.60. The van der Waals surface area contributed by atoms with E-state index in [9.17, 15) is 0 Å². The zero-order valence-corrected chi connectivity index (χ0v) is 12.4. The molecule has 0 amide bonds. The monoisotopic (exact) mass is 247 g/mol. The SMILES string of the molecule is CON1Cc2cccc(C(C)C)c2C1C(C)(C)C. The summed E-state index contributed by atoms with van der Waals surface area (Å²) in [5, 5.41) is 2.12. The summed E-state index contributed by atoms with van der Waals surface area (Å²) in [4.78, 5) is 5.60. The van der Waals surface area contributed by atoms with Gasteiger partial charge in [-0.15, -0.1) is 0 Å². The van der Waals surface area contributed by atoms with Crippen molar-refractivity contribution >= 4 is 0 Å². The van der Waals surface area contributed by atoms with Crippen molar-refractivity contribution in [1.29, 1.82) is 0 Å². The largest absolute Gasteiger partial charge is 0.301 e. The Morgan fingerprint density at radius 1 is 1.28 bits per heavy atom. The first-order valence-corrected chi connectivity index (χ1v) is 6.78. The van der Waals surface area contributed by atoms with Crippen molar-refractivity contribution in [3.63, 3.8) is 0 Å². The summed E-state index contributed by atoms with van der Waals surface area (Å²) in [6.07, 6.45) is 0. The Balaban J connectivity index is 2.56. The van der Waals surface area contributed by atoms with Crippen molar-refractivity contribution in [1.82, 2.24) is 5.06 Å². The van der Waals surface area contributed by atoms with Crippen molar-refractivity contribution in [2.24, 2.45) is 5.41 Å². The van der Waals surface area contributed by atoms with E-state index in [1.807, 2.05) is 0 Å². The molecule has 1 aliphatic heterocycles. The van der Waals surface area contributed by atoms with E-state index in [4.69, 9.17) is 4.84 Å². The van der Waals surface area contributed by atoms with Crippen LogP contribution in [-0.2, 0) is 11.4 Å². The molecule has 1 unspecified atom stereocenters. The van der Waals surface area contributed by atoms with Gasteiger partial charge < -0.3 is 4.84 Å². The van der Waals surface area contributed by atoms with E-state index in [1.54, 1.807) is 7.11 Å². The molecule has 0 fully saturated rings. The predicted octanol–water partition coefficient (Wildman–Crippen LogP) is 4.27. The lowest BCUT2D eigenvalue weighted by Crippen LogP contribution is -2.31. The number of nitrogens with zero attached hydrogens (tertiary/aromatic N) is 1. The second kappa shape index (κ2) is 4.67. The van der Waals surface area contributed by atoms with Gasteiger partial charge in [0.1, 0.15) is 0 Å². The van der Waals surface area contributed by atoms with Crippen LogP contribution in [0.15, 0.2) is 18.2 Å². The summed E-state index contributed by atoms with van der Waals surface area (Å²) < 4.78 is 0. The first kappa shape index (κ1) is 13.6. The maximum absolute atomic E-state index is 5.60. The summed E-state index contributed by atoms with van der Waals surface area (Å²) >= 11 is 0. The maximum Gasteiger partial charge on any atom is 0.0659 e. The molecular formula is C16H25NO. The Morgan fingerprint density at radius 2 is 1.94 bits per heavy atom. The summed E-state index contributed by atoms with van der Waals surface area (Å²) in [5.41, 5.74) is 4.54. The Bertz CT molecular complexity index is 431. The van der Waals surface area contributed by atoms with Crippen molar-refractivity contribution in [2.45, 2.75) is 53.1 Å². The Kier molecular flexibility index (Phi) is 3.52. The molecule has 18 heavy (non-hydrogen) atoms. The molecule has 1 aliphatic rings. The molecule has 0 spiro atoms. The van der Waals surface area contributed by atoms with Gasteiger partial charge in [-0.2, -0.15) is 5.06 Å². The van der Waals surface area contributed by atoms with Gasteiger partial charge in [0.05, 0.1) is 19.7 Å². The van der Waals surface area contributed by atoms with Gasteiger partial charge in [0.15, 0.2) is 0 Å². The number of benzene rings is 1. The zero-order valence-electron chi connectivity index (χ0n) is 12.4. The van der Waals surface area contributed by atoms with Crippen LogP contribution in [0.5, 0.6) is 0 Å². The average molecular weight is 247 g/mol. The van der Waals surface area contributed by atoms with Gasteiger partial charge in [0, 0.05) is 0 Å². The van der Waals surface area contributed by atoms with Crippen LogP contribution in [0.25, 0.3) is 0 Å². The van der Waals surface area contributed by atoms with E-state index < -0.39 is 0 Å². The third-order valence-corrected chi connectivity index (χ3v) is 3.79. The maximum atomic E-state index is 5.60. The minimum Gasteiger partial charge on any atom is -0.301 e. The van der Waals surface area contributed by atoms with Gasteiger partial charge in [-0.25, -0.2) is 0 Å². The predicted molar refractivity (Wildman–Crippen MR) is 75.3 cm³/mol. The topological polar surface area (TPSA) is 12.5 Å². The third-order valence-electron chi connectivity index (χ3n) is 3.79. The Morgan fingerprint density at radius 3 is 2.44 bits per heavy atom. The molecule has 1 heterocycles. The number of fused-ring (bicyclic) bond motifs is 1. The van der Waals surface area contributed by atoms with Crippen LogP contribution < -0.4 is 0 Å². The van der Waals surface area contributed by atoms with Gasteiger partial charge in [-0.1, -0.05) is 52.8 Å². The molecule has 2 nitrogen and oxygen atoms in total. The van der Waals surface area contributed by atoms with Crippen LogP contribution in [0.2, 0.25) is 0 Å². The van der Waals surface area contributed by atoms with E-state index in [1.165, 1.54) is 16.7 Å². The van der Waals surface area contributed by atoms with E-state index in [2.05, 4.69) is 57.9 Å². The smallest absolute Gasteiger partial charge is 0.0659 e. The fourth-order valence-electron chi connectivity index (χ4n) is 3.05. The lowest BCUT2D eigenvalue weighted by molar-refractivity contribution is -0.183. The van der Waals surface area contributed by atoms with Gasteiger partial charge in [-0.3, -0.25) is 0 Å². The van der Waals surface area contributed by atoms with E-state index in [-0.39, 0.29) is 5.41 Å². The average Bonchev–Trinajstić information content (AvgIpc) is 2.65. The molecule has 0 aliphatic carbocycles. The van der Waals surface area contributed by atoms with Gasteiger partial charge >= 0.3 is 0 Å². The minimum atomic E-state index is 0.173. The van der Waals surface area contributed by atoms with E-state index in [0.29, 0.717) is 12.0 Å². The van der Waals surface area contributed by atoms with Gasteiger partial charge in [-0.05, 0) is 28.0 Å². The van der Waals surface area contributed by atoms with E-state index in [0.717, 1.165) is 6.54 Å². The molecule has 0 bridgehead atoms. The van der Waals surface area contributed by atoms with Gasteiger partial charge in [0.2, 0.25) is 0 Å². The van der Waals surface area contributed by atoms with Gasteiger partial charge in [0.25, 0.3) is 0 Å². The summed E-state index contributed by atoms with van der Waals surface area (Å²) in [6.45, 7) is 12.3. The van der Waals surface area contributed by atoms with E-state index >= 15 is 0 Å². The Hall–Kier alpha value is -0.860. The second-order valence-corrected chi connectivity index (χ2v) is 6.60. The zero-order chi connectivity index (χ0) is 13.5. The lowest BCUT2D eigenvalue weighted by Gasteiger charge is -2.35. The highest BCUT2D eigenvalue weighted by atomic mass is 16.7. The lowest BCUT2D eigenvalue weighted by atomic mass is 9.79. The normalized spacial score (nSPS) is 20.5. The third kappa shape index (κ3) is 2.19. The molecular weight excluding hydrogens is 222 g/mol. The summed E-state index contributed by atoms with van der Waals surface area (Å²) in [5.74, 6) is 0.557. The van der Waals surface area contributed by atoms with Crippen molar-refractivity contribution in [2.75, 3.05) is 7.11 Å². The van der Waals surface area contributed by atoms with Crippen molar-refractivity contribution < 1.29 is 4.84 Å². The molecule has 0 N–H and O–H groups in total. The highest BCUT2D eigenvalue weighted by Gasteiger charge is 2.40. The number of hydroxylamine groups is 2. The van der Waals surface area contributed by atoms with Crippen LogP contribution >= 0.6 is 0 Å². The fourth-order valence-corrected chi connectivity index (χ4v) is 3.05.